The summed E-state index contributed by atoms with van der Waals surface area (Å²) in [6, 6.07) is 29.4. The van der Waals surface area contributed by atoms with Crippen molar-refractivity contribution in [3.05, 3.63) is 126 Å². The maximum atomic E-state index is 13.9. The number of nitrogens with zero attached hydrogens (tertiary/aromatic N) is 2. The van der Waals surface area contributed by atoms with Gasteiger partial charge < -0.3 is 20.6 Å². The highest BCUT2D eigenvalue weighted by molar-refractivity contribution is 6.22. The number of hydrogen-bond acceptors (Lipinski definition) is 7. The summed E-state index contributed by atoms with van der Waals surface area (Å²) in [4.78, 5) is 33.3. The summed E-state index contributed by atoms with van der Waals surface area (Å²) in [5.41, 5.74) is 6.13. The summed E-state index contributed by atoms with van der Waals surface area (Å²) in [7, 11) is 0. The molecule has 2 heterocycles. The zero-order valence-corrected chi connectivity index (χ0v) is 25.6. The number of allylic oxidation sites excluding steroid dienone is 2. The fourth-order valence-electron chi connectivity index (χ4n) is 6.84. The lowest BCUT2D eigenvalue weighted by Gasteiger charge is -2.35. The molecule has 1 aliphatic heterocycles. The molecule has 0 radical (unpaired) electrons. The lowest BCUT2D eigenvalue weighted by Crippen LogP contribution is -2.38. The van der Waals surface area contributed by atoms with Crippen molar-refractivity contribution in [3.63, 3.8) is 0 Å². The lowest BCUT2D eigenvalue weighted by atomic mass is 9.68. The first kappa shape index (κ1) is 31.0. The molecule has 0 unspecified atom stereocenters. The number of phenolic OH excluding ortho intramolecular Hbond substituents is 1. The Morgan fingerprint density at radius 2 is 1.70 bits per heavy atom. The van der Waals surface area contributed by atoms with Crippen molar-refractivity contribution >= 4 is 40.5 Å². The Balaban J connectivity index is 1.21. The van der Waals surface area contributed by atoms with Gasteiger partial charge >= 0.3 is 0 Å². The van der Waals surface area contributed by atoms with Crippen LogP contribution in [0.4, 0.5) is 17.1 Å². The van der Waals surface area contributed by atoms with Crippen LogP contribution in [0.3, 0.4) is 0 Å². The number of amides is 2. The maximum absolute atomic E-state index is 13.9. The molecular formula is C38H37N3O5. The van der Waals surface area contributed by atoms with Crippen molar-refractivity contribution in [1.29, 1.82) is 0 Å². The molecule has 4 aromatic rings. The zero-order valence-electron chi connectivity index (χ0n) is 25.6. The molecule has 8 nitrogen and oxygen atoms in total. The van der Waals surface area contributed by atoms with E-state index >= 15 is 0 Å². The quantitative estimate of drug-likeness (QED) is 0.121. The number of anilines is 3. The van der Waals surface area contributed by atoms with Crippen LogP contribution in [0.2, 0.25) is 0 Å². The van der Waals surface area contributed by atoms with Gasteiger partial charge in [-0.2, -0.15) is 0 Å². The molecule has 0 bridgehead atoms. The number of aliphatic hydroxyl groups is 2. The predicted molar refractivity (Wildman–Crippen MR) is 179 cm³/mol. The number of imide groups is 1. The van der Waals surface area contributed by atoms with Crippen LogP contribution in [0, 0.1) is 17.8 Å². The number of hydrogen-bond donors (Lipinski definition) is 4. The number of aromatic nitrogens is 1. The number of nitrogens with one attached hydrogen (secondary N) is 1. The fraction of sp³-hybridized carbons (Fsp3) is 0.237. The molecule has 1 fully saturated rings. The van der Waals surface area contributed by atoms with Gasteiger partial charge in [0.05, 0.1) is 35.9 Å². The minimum atomic E-state index is -0.935. The van der Waals surface area contributed by atoms with Gasteiger partial charge in [0.1, 0.15) is 5.75 Å². The van der Waals surface area contributed by atoms with E-state index in [0.717, 1.165) is 33.8 Å². The van der Waals surface area contributed by atoms with Gasteiger partial charge in [-0.15, -0.1) is 0 Å². The average Bonchev–Trinajstić information content (AvgIpc) is 3.32. The SMILES string of the molecule is CC1=C([C@H](O)CC/C(=C/c2cccc(O)c2)c2ccccn2)[C@H](CO)[C@@H]2C(=O)N(c3ccc(Nc4ccccc4)cc3)C(=O)[C@@H]2C1. The molecule has 2 aliphatic rings. The molecular weight excluding hydrogens is 578 g/mol. The topological polar surface area (TPSA) is 123 Å². The number of rotatable bonds is 10. The predicted octanol–water partition coefficient (Wildman–Crippen LogP) is 6.35. The van der Waals surface area contributed by atoms with Crippen LogP contribution in [0.25, 0.3) is 11.6 Å². The molecule has 2 amide bonds. The van der Waals surface area contributed by atoms with Gasteiger partial charge in [0, 0.05) is 23.5 Å². The highest BCUT2D eigenvalue weighted by Crippen LogP contribution is 2.47. The van der Waals surface area contributed by atoms with Crippen LogP contribution in [0.1, 0.15) is 37.4 Å². The summed E-state index contributed by atoms with van der Waals surface area (Å²) in [5, 5.41) is 35.5. The van der Waals surface area contributed by atoms with E-state index in [1.54, 1.807) is 36.5 Å². The third kappa shape index (κ3) is 6.36. The Morgan fingerprint density at radius 1 is 0.957 bits per heavy atom. The number of phenols is 1. The Hall–Kier alpha value is -5.05. The Labute approximate surface area is 268 Å². The molecule has 8 heteroatoms. The first-order valence-electron chi connectivity index (χ1n) is 15.5. The minimum Gasteiger partial charge on any atom is -0.508 e. The molecule has 1 aliphatic carbocycles. The standard InChI is InChI=1S/C38H37N3O5/c1-24-20-31-36(38(46)41(37(31)45)29-16-14-28(15-17-29)40-27-9-3-2-4-10-27)32(23-42)35(24)34(44)18-13-26(33-12-5-6-19-39-33)21-25-8-7-11-30(43)22-25/h2-12,14-17,19,21-22,31-32,34,36,40,42-44H,13,18,20,23H2,1H3/b26-21-/t31-,32+,34-,36-/m1/s1. The maximum Gasteiger partial charge on any atom is 0.238 e. The fourth-order valence-corrected chi connectivity index (χ4v) is 6.84. The van der Waals surface area contributed by atoms with Crippen LogP contribution in [0.15, 0.2) is 114 Å². The highest BCUT2D eigenvalue weighted by Gasteiger charge is 2.54. The molecule has 0 saturated carbocycles. The number of aliphatic hydroxyl groups excluding tert-OH is 2. The minimum absolute atomic E-state index is 0.155. The first-order chi connectivity index (χ1) is 22.3. The monoisotopic (exact) mass is 615 g/mol. The molecule has 234 valence electrons. The number of benzene rings is 3. The molecule has 4 N–H and O–H groups in total. The molecule has 4 atom stereocenters. The van der Waals surface area contributed by atoms with Gasteiger partial charge in [-0.1, -0.05) is 42.0 Å². The number of aromatic hydroxyl groups is 1. The van der Waals surface area contributed by atoms with E-state index < -0.39 is 23.9 Å². The lowest BCUT2D eigenvalue weighted by molar-refractivity contribution is -0.123. The van der Waals surface area contributed by atoms with Gasteiger partial charge in [-0.05, 0) is 110 Å². The Bertz CT molecular complexity index is 1770. The van der Waals surface area contributed by atoms with Gasteiger partial charge in [-0.3, -0.25) is 19.5 Å². The number of fused-ring (bicyclic) bond motifs is 1. The van der Waals surface area contributed by atoms with Crippen molar-refractivity contribution in [3.8, 4) is 5.75 Å². The van der Waals surface area contributed by atoms with E-state index in [4.69, 9.17) is 0 Å². The second-order valence-corrected chi connectivity index (χ2v) is 11.9. The van der Waals surface area contributed by atoms with Crippen molar-refractivity contribution in [1.82, 2.24) is 4.98 Å². The number of carbonyl (C=O) groups excluding carboxylic acids is 2. The summed E-state index contributed by atoms with van der Waals surface area (Å²) in [6.45, 7) is 1.52. The van der Waals surface area contributed by atoms with Crippen molar-refractivity contribution in [2.24, 2.45) is 17.8 Å². The van der Waals surface area contributed by atoms with Crippen LogP contribution >= 0.6 is 0 Å². The normalized spacial score (nSPS) is 20.5. The Kier molecular flexibility index (Phi) is 9.10. The number of para-hydroxylation sites is 1. The van der Waals surface area contributed by atoms with E-state index in [-0.39, 0.29) is 24.2 Å². The Morgan fingerprint density at radius 3 is 2.39 bits per heavy atom. The summed E-state index contributed by atoms with van der Waals surface area (Å²) >= 11 is 0. The summed E-state index contributed by atoms with van der Waals surface area (Å²) in [5.74, 6) is -2.52. The molecule has 1 aromatic heterocycles. The van der Waals surface area contributed by atoms with E-state index in [1.165, 1.54) is 4.90 Å². The van der Waals surface area contributed by atoms with Crippen molar-refractivity contribution in [2.75, 3.05) is 16.8 Å². The van der Waals surface area contributed by atoms with Crippen LogP contribution < -0.4 is 10.2 Å². The van der Waals surface area contributed by atoms with Crippen LogP contribution in [0.5, 0.6) is 5.75 Å². The summed E-state index contributed by atoms with van der Waals surface area (Å²) < 4.78 is 0. The molecule has 0 spiro atoms. The van der Waals surface area contributed by atoms with Gasteiger partial charge in [0.2, 0.25) is 11.8 Å². The average molecular weight is 616 g/mol. The first-order valence-corrected chi connectivity index (χ1v) is 15.5. The van der Waals surface area contributed by atoms with Crippen molar-refractivity contribution < 1.29 is 24.9 Å². The smallest absolute Gasteiger partial charge is 0.238 e. The van der Waals surface area contributed by atoms with Gasteiger partial charge in [0.15, 0.2) is 0 Å². The molecule has 1 saturated heterocycles. The van der Waals surface area contributed by atoms with E-state index in [0.29, 0.717) is 30.5 Å². The zero-order chi connectivity index (χ0) is 32.2. The second-order valence-electron chi connectivity index (χ2n) is 11.9. The second kappa shape index (κ2) is 13.5. The largest absolute Gasteiger partial charge is 0.508 e. The van der Waals surface area contributed by atoms with E-state index in [9.17, 15) is 24.9 Å². The van der Waals surface area contributed by atoms with E-state index in [2.05, 4.69) is 10.3 Å². The third-order valence-corrected chi connectivity index (χ3v) is 8.96. The van der Waals surface area contributed by atoms with E-state index in [1.807, 2.05) is 79.7 Å². The summed E-state index contributed by atoms with van der Waals surface area (Å²) in [6.07, 6.45) is 3.83. The third-order valence-electron chi connectivity index (χ3n) is 8.96. The van der Waals surface area contributed by atoms with Crippen molar-refractivity contribution in [2.45, 2.75) is 32.3 Å². The highest BCUT2D eigenvalue weighted by atomic mass is 16.3. The molecule has 46 heavy (non-hydrogen) atoms. The number of carbonyl (C=O) groups is 2. The molecule has 6 rings (SSSR count). The number of pyridine rings is 1. The van der Waals surface area contributed by atoms with Crippen LogP contribution in [-0.4, -0.2) is 44.8 Å². The van der Waals surface area contributed by atoms with Crippen LogP contribution in [-0.2, 0) is 9.59 Å². The van der Waals surface area contributed by atoms with Gasteiger partial charge in [-0.25, -0.2) is 0 Å². The molecule has 3 aromatic carbocycles. The van der Waals surface area contributed by atoms with Gasteiger partial charge in [0.25, 0.3) is 0 Å².